The van der Waals surface area contributed by atoms with Gasteiger partial charge in [0, 0.05) is 17.2 Å². The molecule has 0 aliphatic heterocycles. The van der Waals surface area contributed by atoms with Crippen LogP contribution in [0.25, 0.3) is 5.57 Å². The quantitative estimate of drug-likeness (QED) is 0.655. The van der Waals surface area contributed by atoms with Gasteiger partial charge in [-0.15, -0.1) is 0 Å². The van der Waals surface area contributed by atoms with Crippen molar-refractivity contribution in [2.75, 3.05) is 7.11 Å². The van der Waals surface area contributed by atoms with Gasteiger partial charge in [-0.1, -0.05) is 11.6 Å². The number of aliphatic imine (C=N–C) groups is 1. The molecule has 0 bridgehead atoms. The third-order valence-electron chi connectivity index (χ3n) is 4.49. The molecule has 0 aromatic heterocycles. The van der Waals surface area contributed by atoms with Crippen LogP contribution in [0.1, 0.15) is 40.4 Å². The second kappa shape index (κ2) is 7.00. The number of fused-ring (bicyclic) bond motifs is 1. The van der Waals surface area contributed by atoms with Gasteiger partial charge in [0.15, 0.2) is 5.96 Å². The Kier molecular flexibility index (Phi) is 4.75. The third kappa shape index (κ3) is 3.31. The molecular formula is C20H20FN3O2. The normalized spacial score (nSPS) is 13.2. The molecule has 6 heteroatoms. The topological polar surface area (TPSA) is 90.7 Å². The fourth-order valence-electron chi connectivity index (χ4n) is 3.27. The predicted molar refractivity (Wildman–Crippen MR) is 99.6 cm³/mol. The third-order valence-corrected chi connectivity index (χ3v) is 4.49. The second-order valence-electron chi connectivity index (χ2n) is 6.21. The fraction of sp³-hybridized carbons (Fsp3) is 0.200. The average Bonchev–Trinajstić information content (AvgIpc) is 2.61. The highest BCUT2D eigenvalue weighted by Crippen LogP contribution is 2.40. The highest BCUT2D eigenvalue weighted by molar-refractivity contribution is 6.03. The van der Waals surface area contributed by atoms with Crippen molar-refractivity contribution in [3.63, 3.8) is 0 Å². The summed E-state index contributed by atoms with van der Waals surface area (Å²) in [5, 5.41) is 0. The van der Waals surface area contributed by atoms with Gasteiger partial charge in [0.25, 0.3) is 5.91 Å². The number of rotatable bonds is 3. The van der Waals surface area contributed by atoms with Crippen molar-refractivity contribution >= 4 is 17.4 Å². The molecule has 4 N–H and O–H groups in total. The number of guanidine groups is 1. The first kappa shape index (κ1) is 17.7. The molecule has 0 heterocycles. The number of carbonyl (C=O) groups is 1. The molecular weight excluding hydrogens is 333 g/mol. The highest BCUT2D eigenvalue weighted by atomic mass is 19.1. The summed E-state index contributed by atoms with van der Waals surface area (Å²) in [6.07, 6.45) is 1.75. The molecule has 0 saturated heterocycles. The Morgan fingerprint density at radius 2 is 1.88 bits per heavy atom. The molecule has 2 aromatic carbocycles. The molecule has 0 unspecified atom stereocenters. The van der Waals surface area contributed by atoms with Gasteiger partial charge in [-0.25, -0.2) is 4.39 Å². The van der Waals surface area contributed by atoms with Gasteiger partial charge in [-0.05, 0) is 60.7 Å². The zero-order valence-electron chi connectivity index (χ0n) is 14.7. The van der Waals surface area contributed by atoms with E-state index in [2.05, 4.69) is 4.99 Å². The first-order valence-corrected chi connectivity index (χ1v) is 8.21. The van der Waals surface area contributed by atoms with Crippen molar-refractivity contribution in [1.82, 2.24) is 0 Å². The molecule has 0 saturated carbocycles. The van der Waals surface area contributed by atoms with Crippen LogP contribution in [0.4, 0.5) is 4.39 Å². The molecule has 1 aliphatic rings. The summed E-state index contributed by atoms with van der Waals surface area (Å²) in [5.74, 6) is -0.689. The smallest absolute Gasteiger partial charge is 0.280 e. The van der Waals surface area contributed by atoms with Gasteiger partial charge < -0.3 is 16.2 Å². The molecule has 26 heavy (non-hydrogen) atoms. The maximum atomic E-state index is 13.6. The average molecular weight is 353 g/mol. The van der Waals surface area contributed by atoms with E-state index in [-0.39, 0.29) is 11.8 Å². The van der Waals surface area contributed by atoms with Crippen LogP contribution in [-0.4, -0.2) is 19.0 Å². The lowest BCUT2D eigenvalue weighted by atomic mass is 9.81. The van der Waals surface area contributed by atoms with Gasteiger partial charge in [0.1, 0.15) is 11.6 Å². The van der Waals surface area contributed by atoms with Crippen LogP contribution in [-0.2, 0) is 6.42 Å². The van der Waals surface area contributed by atoms with Crippen LogP contribution < -0.4 is 16.2 Å². The van der Waals surface area contributed by atoms with Crippen LogP contribution in [0, 0.1) is 5.82 Å². The molecule has 3 rings (SSSR count). The molecule has 0 fully saturated rings. The minimum absolute atomic E-state index is 0.278. The minimum atomic E-state index is -0.499. The van der Waals surface area contributed by atoms with Crippen molar-refractivity contribution in [3.8, 4) is 5.75 Å². The Balaban J connectivity index is 2.17. The van der Waals surface area contributed by atoms with E-state index in [0.29, 0.717) is 11.3 Å². The molecule has 2 aromatic rings. The standard InChI is InChI=1S/C20H20FN3O2/c1-11-3-4-12-5-6-13(19(25)24-20(22)23)9-16(12)18(11)15-8-7-14(21)10-17(15)26-2/h5-10H,3-4H2,1-2H3,(H4,22,23,24,25). The molecule has 0 radical (unpaired) electrons. The number of nitrogens with zero attached hydrogens (tertiary/aromatic N) is 1. The fourth-order valence-corrected chi connectivity index (χ4v) is 3.27. The monoisotopic (exact) mass is 353 g/mol. The molecule has 1 amide bonds. The number of ether oxygens (including phenoxy) is 1. The highest BCUT2D eigenvalue weighted by Gasteiger charge is 2.22. The number of methoxy groups -OCH3 is 1. The van der Waals surface area contributed by atoms with E-state index in [1.165, 1.54) is 19.2 Å². The molecule has 0 atom stereocenters. The lowest BCUT2D eigenvalue weighted by molar-refractivity contribution is 0.100. The number of hydrogen-bond acceptors (Lipinski definition) is 2. The van der Waals surface area contributed by atoms with Gasteiger partial charge in [0.2, 0.25) is 0 Å². The summed E-state index contributed by atoms with van der Waals surface area (Å²) in [6.45, 7) is 2.03. The van der Waals surface area contributed by atoms with Gasteiger partial charge in [0.05, 0.1) is 7.11 Å². The number of halogens is 1. The Labute approximate surface area is 151 Å². The number of aryl methyl sites for hydroxylation is 1. The number of carbonyl (C=O) groups excluding carboxylic acids is 1. The SMILES string of the molecule is COc1cc(F)ccc1C1=C(C)CCc2ccc(C(=O)N=C(N)N)cc21. The van der Waals surface area contributed by atoms with Crippen molar-refractivity contribution in [2.24, 2.45) is 16.5 Å². The van der Waals surface area contributed by atoms with Crippen LogP contribution in [0.3, 0.4) is 0 Å². The first-order chi connectivity index (χ1) is 12.4. The number of allylic oxidation sites excluding steroid dienone is 1. The zero-order valence-corrected chi connectivity index (χ0v) is 14.7. The van der Waals surface area contributed by atoms with Crippen molar-refractivity contribution in [3.05, 3.63) is 70.0 Å². The van der Waals surface area contributed by atoms with E-state index in [1.807, 2.05) is 13.0 Å². The van der Waals surface area contributed by atoms with Crippen LogP contribution >= 0.6 is 0 Å². The predicted octanol–water partition coefficient (Wildman–Crippen LogP) is 3.02. The van der Waals surface area contributed by atoms with E-state index >= 15 is 0 Å². The van der Waals surface area contributed by atoms with Crippen LogP contribution in [0.2, 0.25) is 0 Å². The Morgan fingerprint density at radius 1 is 1.12 bits per heavy atom. The van der Waals surface area contributed by atoms with E-state index in [1.54, 1.807) is 18.2 Å². The summed E-state index contributed by atoms with van der Waals surface area (Å²) in [7, 11) is 1.51. The largest absolute Gasteiger partial charge is 0.496 e. The van der Waals surface area contributed by atoms with E-state index in [4.69, 9.17) is 16.2 Å². The Morgan fingerprint density at radius 3 is 2.58 bits per heavy atom. The van der Waals surface area contributed by atoms with Crippen molar-refractivity contribution in [2.45, 2.75) is 19.8 Å². The summed E-state index contributed by atoms with van der Waals surface area (Å²) < 4.78 is 19.0. The zero-order chi connectivity index (χ0) is 18.8. The number of hydrogen-bond donors (Lipinski definition) is 2. The lowest BCUT2D eigenvalue weighted by Gasteiger charge is -2.24. The molecule has 1 aliphatic carbocycles. The summed E-state index contributed by atoms with van der Waals surface area (Å²) in [4.78, 5) is 15.8. The van der Waals surface area contributed by atoms with Gasteiger partial charge >= 0.3 is 0 Å². The van der Waals surface area contributed by atoms with E-state index < -0.39 is 5.91 Å². The van der Waals surface area contributed by atoms with Gasteiger partial charge in [-0.3, -0.25) is 4.79 Å². The van der Waals surface area contributed by atoms with E-state index in [9.17, 15) is 9.18 Å². The van der Waals surface area contributed by atoms with Gasteiger partial charge in [-0.2, -0.15) is 4.99 Å². The number of nitrogens with two attached hydrogens (primary N) is 2. The van der Waals surface area contributed by atoms with Crippen molar-refractivity contribution < 1.29 is 13.9 Å². The van der Waals surface area contributed by atoms with E-state index in [0.717, 1.165) is 40.7 Å². The minimum Gasteiger partial charge on any atom is -0.496 e. The number of benzene rings is 2. The maximum Gasteiger partial charge on any atom is 0.280 e. The van der Waals surface area contributed by atoms with Crippen molar-refractivity contribution in [1.29, 1.82) is 0 Å². The maximum absolute atomic E-state index is 13.6. The molecule has 134 valence electrons. The Hall–Kier alpha value is -3.15. The number of amides is 1. The Bertz CT molecular complexity index is 944. The first-order valence-electron chi connectivity index (χ1n) is 8.21. The van der Waals surface area contributed by atoms with Crippen LogP contribution in [0.15, 0.2) is 47.0 Å². The molecule has 5 nitrogen and oxygen atoms in total. The summed E-state index contributed by atoms with van der Waals surface area (Å²) >= 11 is 0. The second-order valence-corrected chi connectivity index (χ2v) is 6.21. The molecule has 0 spiro atoms. The lowest BCUT2D eigenvalue weighted by Crippen LogP contribution is -2.24. The summed E-state index contributed by atoms with van der Waals surface area (Å²) in [6, 6.07) is 9.87. The van der Waals surface area contributed by atoms with Crippen LogP contribution in [0.5, 0.6) is 5.75 Å². The summed E-state index contributed by atoms with van der Waals surface area (Å²) in [5.41, 5.74) is 15.9.